The number of hydrogen-bond acceptors (Lipinski definition) is 3. The number of aliphatic carboxylic acids is 1. The molecular formula is C14H20N2O4S. The third-order valence-electron chi connectivity index (χ3n) is 3.62. The van der Waals surface area contributed by atoms with Crippen molar-refractivity contribution >= 4 is 21.9 Å². The number of benzene rings is 1. The van der Waals surface area contributed by atoms with Crippen LogP contribution in [0.5, 0.6) is 0 Å². The summed E-state index contributed by atoms with van der Waals surface area (Å²) in [5, 5.41) is 8.70. The number of carboxylic acid groups (broad SMARTS) is 1. The van der Waals surface area contributed by atoms with Gasteiger partial charge >= 0.3 is 16.2 Å². The molecule has 116 valence electrons. The smallest absolute Gasteiger partial charge is 0.304 e. The van der Waals surface area contributed by atoms with Gasteiger partial charge in [0.2, 0.25) is 0 Å². The van der Waals surface area contributed by atoms with Crippen molar-refractivity contribution < 1.29 is 18.3 Å². The van der Waals surface area contributed by atoms with Crippen LogP contribution in [0.3, 0.4) is 0 Å². The van der Waals surface area contributed by atoms with E-state index < -0.39 is 16.2 Å². The average molecular weight is 312 g/mol. The van der Waals surface area contributed by atoms with E-state index in [4.69, 9.17) is 5.11 Å². The Hall–Kier alpha value is -1.60. The van der Waals surface area contributed by atoms with Crippen molar-refractivity contribution in [1.29, 1.82) is 0 Å². The average Bonchev–Trinajstić information content (AvgIpc) is 2.43. The molecule has 7 heteroatoms. The largest absolute Gasteiger partial charge is 0.481 e. The molecular weight excluding hydrogens is 292 g/mol. The van der Waals surface area contributed by atoms with Crippen molar-refractivity contribution in [1.82, 2.24) is 4.31 Å². The van der Waals surface area contributed by atoms with E-state index in [1.54, 1.807) is 6.07 Å². The van der Waals surface area contributed by atoms with E-state index in [9.17, 15) is 13.2 Å². The standard InChI is InChI=1S/C14H20N2O4S/c1-11-9-12-5-3-4-6-13(12)16(10-11)21(19,20)15(2)8-7-14(17)18/h3-6,11H,7-10H2,1-2H3,(H,17,18). The van der Waals surface area contributed by atoms with Crippen molar-refractivity contribution in [2.24, 2.45) is 5.92 Å². The second-order valence-corrected chi connectivity index (χ2v) is 7.40. The van der Waals surface area contributed by atoms with Crippen LogP contribution in [0.1, 0.15) is 18.9 Å². The fourth-order valence-electron chi connectivity index (χ4n) is 2.50. The quantitative estimate of drug-likeness (QED) is 0.890. The number of anilines is 1. The van der Waals surface area contributed by atoms with Crippen LogP contribution in [-0.2, 0) is 21.4 Å². The van der Waals surface area contributed by atoms with Gasteiger partial charge in [0.25, 0.3) is 0 Å². The Bertz CT molecular complexity index is 630. The second kappa shape index (κ2) is 6.03. The topological polar surface area (TPSA) is 77.9 Å². The molecule has 1 heterocycles. The van der Waals surface area contributed by atoms with Crippen LogP contribution in [0, 0.1) is 5.92 Å². The summed E-state index contributed by atoms with van der Waals surface area (Å²) in [6.45, 7) is 2.39. The molecule has 0 aliphatic carbocycles. The van der Waals surface area contributed by atoms with Crippen molar-refractivity contribution in [2.45, 2.75) is 19.8 Å². The first kappa shape index (κ1) is 15.8. The SMILES string of the molecule is CC1Cc2ccccc2N(S(=O)(=O)N(C)CCC(=O)O)C1. The highest BCUT2D eigenvalue weighted by Gasteiger charge is 2.33. The lowest BCUT2D eigenvalue weighted by molar-refractivity contribution is -0.137. The van der Waals surface area contributed by atoms with Crippen molar-refractivity contribution in [3.8, 4) is 0 Å². The third kappa shape index (κ3) is 3.36. The molecule has 0 radical (unpaired) electrons. The molecule has 0 bridgehead atoms. The zero-order valence-electron chi connectivity index (χ0n) is 12.2. The minimum atomic E-state index is -3.70. The monoisotopic (exact) mass is 312 g/mol. The highest BCUT2D eigenvalue weighted by molar-refractivity contribution is 7.90. The maximum Gasteiger partial charge on any atom is 0.304 e. The Kier molecular flexibility index (Phi) is 4.53. The first-order chi connectivity index (χ1) is 9.82. The van der Waals surface area contributed by atoms with Crippen LogP contribution >= 0.6 is 0 Å². The van der Waals surface area contributed by atoms with Crippen molar-refractivity contribution in [3.63, 3.8) is 0 Å². The van der Waals surface area contributed by atoms with E-state index in [1.165, 1.54) is 11.4 Å². The summed E-state index contributed by atoms with van der Waals surface area (Å²) >= 11 is 0. The van der Waals surface area contributed by atoms with Gasteiger partial charge in [-0.25, -0.2) is 0 Å². The van der Waals surface area contributed by atoms with E-state index in [-0.39, 0.29) is 18.9 Å². The molecule has 1 aliphatic heterocycles. The molecule has 1 unspecified atom stereocenters. The fourth-order valence-corrected chi connectivity index (χ4v) is 4.03. The lowest BCUT2D eigenvalue weighted by Crippen LogP contribution is -2.46. The molecule has 0 amide bonds. The molecule has 1 aliphatic rings. The molecule has 0 aromatic heterocycles. The minimum absolute atomic E-state index is 0.0370. The number of fused-ring (bicyclic) bond motifs is 1. The third-order valence-corrected chi connectivity index (χ3v) is 5.49. The number of para-hydroxylation sites is 1. The van der Waals surface area contributed by atoms with Gasteiger partial charge in [-0.05, 0) is 24.0 Å². The van der Waals surface area contributed by atoms with Gasteiger partial charge in [0, 0.05) is 20.1 Å². The molecule has 0 spiro atoms. The highest BCUT2D eigenvalue weighted by atomic mass is 32.2. The van der Waals surface area contributed by atoms with Crippen molar-refractivity contribution in [3.05, 3.63) is 29.8 Å². The summed E-state index contributed by atoms with van der Waals surface area (Å²) in [4.78, 5) is 10.6. The fraction of sp³-hybridized carbons (Fsp3) is 0.500. The molecule has 1 aromatic rings. The second-order valence-electron chi connectivity index (χ2n) is 5.44. The highest BCUT2D eigenvalue weighted by Crippen LogP contribution is 2.32. The van der Waals surface area contributed by atoms with E-state index in [2.05, 4.69) is 0 Å². The van der Waals surface area contributed by atoms with Crippen LogP contribution in [0.2, 0.25) is 0 Å². The minimum Gasteiger partial charge on any atom is -0.481 e. The molecule has 0 fully saturated rings. The van der Waals surface area contributed by atoms with Crippen LogP contribution in [0.4, 0.5) is 5.69 Å². The Balaban J connectivity index is 2.29. The first-order valence-corrected chi connectivity index (χ1v) is 8.25. The van der Waals surface area contributed by atoms with E-state index in [0.717, 1.165) is 16.3 Å². The van der Waals surface area contributed by atoms with Crippen LogP contribution in [-0.4, -0.2) is 43.9 Å². The van der Waals surface area contributed by atoms with Gasteiger partial charge in [-0.3, -0.25) is 9.10 Å². The van der Waals surface area contributed by atoms with Gasteiger partial charge in [-0.15, -0.1) is 0 Å². The van der Waals surface area contributed by atoms with E-state index in [1.807, 2.05) is 25.1 Å². The number of rotatable bonds is 5. The van der Waals surface area contributed by atoms with E-state index in [0.29, 0.717) is 12.2 Å². The molecule has 0 saturated carbocycles. The predicted octanol–water partition coefficient (Wildman–Crippen LogP) is 1.34. The van der Waals surface area contributed by atoms with Gasteiger partial charge in [-0.1, -0.05) is 25.1 Å². The Labute approximate surface area is 125 Å². The molecule has 0 saturated heterocycles. The van der Waals surface area contributed by atoms with Gasteiger partial charge < -0.3 is 5.11 Å². The van der Waals surface area contributed by atoms with Gasteiger partial charge in [0.1, 0.15) is 0 Å². The number of nitrogens with zero attached hydrogens (tertiary/aromatic N) is 2. The summed E-state index contributed by atoms with van der Waals surface area (Å²) < 4.78 is 27.8. The van der Waals surface area contributed by atoms with Gasteiger partial charge in [-0.2, -0.15) is 12.7 Å². The summed E-state index contributed by atoms with van der Waals surface area (Å²) in [6.07, 6.45) is 0.641. The molecule has 1 N–H and O–H groups in total. The predicted molar refractivity (Wildman–Crippen MR) is 80.5 cm³/mol. The zero-order valence-corrected chi connectivity index (χ0v) is 13.0. The summed E-state index contributed by atoms with van der Waals surface area (Å²) in [5.74, 6) is -0.785. The maximum absolute atomic E-state index is 12.7. The Morgan fingerprint density at radius 1 is 1.43 bits per heavy atom. The summed E-state index contributed by atoms with van der Waals surface area (Å²) in [6, 6.07) is 7.44. The lowest BCUT2D eigenvalue weighted by atomic mass is 9.96. The number of carboxylic acids is 1. The summed E-state index contributed by atoms with van der Waals surface area (Å²) in [5.41, 5.74) is 1.70. The van der Waals surface area contributed by atoms with E-state index >= 15 is 0 Å². The normalized spacial score (nSPS) is 18.6. The molecule has 2 rings (SSSR count). The maximum atomic E-state index is 12.7. The zero-order chi connectivity index (χ0) is 15.6. The van der Waals surface area contributed by atoms with Crippen LogP contribution in [0.15, 0.2) is 24.3 Å². The molecule has 21 heavy (non-hydrogen) atoms. The Morgan fingerprint density at radius 3 is 2.76 bits per heavy atom. The van der Waals surface area contributed by atoms with Crippen LogP contribution < -0.4 is 4.31 Å². The lowest BCUT2D eigenvalue weighted by Gasteiger charge is -2.36. The molecule has 1 atom stereocenters. The van der Waals surface area contributed by atoms with Crippen LogP contribution in [0.25, 0.3) is 0 Å². The Morgan fingerprint density at radius 2 is 2.10 bits per heavy atom. The molecule has 1 aromatic carbocycles. The van der Waals surface area contributed by atoms with Crippen molar-refractivity contribution in [2.75, 3.05) is 24.4 Å². The van der Waals surface area contributed by atoms with Gasteiger partial charge in [0.15, 0.2) is 0 Å². The number of carbonyl (C=O) groups is 1. The first-order valence-electron chi connectivity index (χ1n) is 6.86. The summed E-state index contributed by atoms with van der Waals surface area (Å²) in [7, 11) is -2.28. The number of hydrogen-bond donors (Lipinski definition) is 1. The van der Waals surface area contributed by atoms with Gasteiger partial charge in [0.05, 0.1) is 12.1 Å². The molecule has 6 nitrogen and oxygen atoms in total.